The fraction of sp³-hybridized carbons (Fsp3) is 0.950. The molecule has 0 aliphatic heterocycles. The SMILES string of the molecule is CO[C@@]1(O)CC[C@@]2(C)[C@@H](CC[C@@H]3[C@@H]2CC[C@]2(C)C(=O)CC[C@@H]32)C1. The predicted molar refractivity (Wildman–Crippen MR) is 88.7 cm³/mol. The summed E-state index contributed by atoms with van der Waals surface area (Å²) < 4.78 is 5.42. The Labute approximate surface area is 140 Å². The van der Waals surface area contributed by atoms with Gasteiger partial charge in [0.05, 0.1) is 0 Å². The third-order valence-corrected chi connectivity index (χ3v) is 8.77. The highest BCUT2D eigenvalue weighted by Gasteiger charge is 2.61. The van der Waals surface area contributed by atoms with Gasteiger partial charge >= 0.3 is 0 Å². The Morgan fingerprint density at radius 2 is 1.83 bits per heavy atom. The molecule has 130 valence electrons. The number of methoxy groups -OCH3 is 1. The predicted octanol–water partition coefficient (Wildman–Crippen LogP) is 3.93. The lowest BCUT2D eigenvalue weighted by molar-refractivity contribution is -0.246. The number of carbonyl (C=O) groups excluding carboxylic acids is 1. The second kappa shape index (κ2) is 5.05. The molecule has 3 nitrogen and oxygen atoms in total. The van der Waals surface area contributed by atoms with Crippen LogP contribution in [0.2, 0.25) is 0 Å². The smallest absolute Gasteiger partial charge is 0.165 e. The summed E-state index contributed by atoms with van der Waals surface area (Å²) >= 11 is 0. The molecule has 4 aliphatic carbocycles. The van der Waals surface area contributed by atoms with Gasteiger partial charge in [0.25, 0.3) is 0 Å². The zero-order valence-electron chi connectivity index (χ0n) is 14.9. The van der Waals surface area contributed by atoms with E-state index in [4.69, 9.17) is 4.74 Å². The molecule has 4 rings (SSSR count). The van der Waals surface area contributed by atoms with Gasteiger partial charge in [-0.15, -0.1) is 0 Å². The summed E-state index contributed by atoms with van der Waals surface area (Å²) in [5, 5.41) is 10.6. The topological polar surface area (TPSA) is 46.5 Å². The van der Waals surface area contributed by atoms with E-state index in [1.807, 2.05) is 0 Å². The van der Waals surface area contributed by atoms with Gasteiger partial charge in [-0.1, -0.05) is 13.8 Å². The van der Waals surface area contributed by atoms with E-state index in [0.29, 0.717) is 23.0 Å². The van der Waals surface area contributed by atoms with Gasteiger partial charge in [-0.05, 0) is 67.6 Å². The number of hydrogen-bond donors (Lipinski definition) is 1. The highest BCUT2D eigenvalue weighted by Crippen LogP contribution is 2.66. The number of fused-ring (bicyclic) bond motifs is 5. The molecule has 4 saturated carbocycles. The van der Waals surface area contributed by atoms with E-state index in [-0.39, 0.29) is 5.41 Å². The second-order valence-corrected chi connectivity index (χ2v) is 9.43. The molecule has 0 saturated heterocycles. The molecule has 0 aromatic heterocycles. The van der Waals surface area contributed by atoms with E-state index in [0.717, 1.165) is 50.4 Å². The lowest BCUT2D eigenvalue weighted by Crippen LogP contribution is -2.56. The first-order valence-electron chi connectivity index (χ1n) is 9.63. The van der Waals surface area contributed by atoms with Gasteiger partial charge in [-0.25, -0.2) is 0 Å². The van der Waals surface area contributed by atoms with Gasteiger partial charge in [0.15, 0.2) is 5.79 Å². The van der Waals surface area contributed by atoms with Crippen LogP contribution < -0.4 is 0 Å². The third kappa shape index (κ3) is 2.12. The van der Waals surface area contributed by atoms with Crippen molar-refractivity contribution >= 4 is 5.78 Å². The van der Waals surface area contributed by atoms with Crippen LogP contribution in [-0.2, 0) is 9.53 Å². The summed E-state index contributed by atoms with van der Waals surface area (Å²) in [6, 6.07) is 0. The maximum Gasteiger partial charge on any atom is 0.165 e. The number of ketones is 1. The first-order chi connectivity index (χ1) is 10.8. The second-order valence-electron chi connectivity index (χ2n) is 9.43. The van der Waals surface area contributed by atoms with E-state index in [2.05, 4.69) is 13.8 Å². The molecule has 0 aromatic rings. The Balaban J connectivity index is 1.61. The van der Waals surface area contributed by atoms with Crippen LogP contribution in [0.3, 0.4) is 0 Å². The average molecular weight is 320 g/mol. The van der Waals surface area contributed by atoms with Crippen molar-refractivity contribution in [1.29, 1.82) is 0 Å². The van der Waals surface area contributed by atoms with Crippen LogP contribution in [0.4, 0.5) is 0 Å². The molecule has 0 unspecified atom stereocenters. The molecule has 4 aliphatic rings. The fourth-order valence-corrected chi connectivity index (χ4v) is 7.17. The molecule has 0 amide bonds. The summed E-state index contributed by atoms with van der Waals surface area (Å²) in [5.41, 5.74) is 0.312. The molecule has 7 atom stereocenters. The van der Waals surface area contributed by atoms with E-state index >= 15 is 0 Å². The maximum absolute atomic E-state index is 12.4. The Kier molecular flexibility index (Phi) is 3.53. The number of Topliss-reactive ketones (excluding diaryl/α,β-unsaturated/α-hetero) is 1. The summed E-state index contributed by atoms with van der Waals surface area (Å²) in [6.07, 6.45) is 9.32. The Bertz CT molecular complexity index is 517. The molecule has 4 fully saturated rings. The largest absolute Gasteiger partial charge is 0.365 e. The van der Waals surface area contributed by atoms with Crippen molar-refractivity contribution in [1.82, 2.24) is 0 Å². The minimum atomic E-state index is -0.899. The number of carbonyl (C=O) groups is 1. The van der Waals surface area contributed by atoms with Gasteiger partial charge in [0.2, 0.25) is 0 Å². The normalized spacial score (nSPS) is 55.9. The van der Waals surface area contributed by atoms with E-state index in [9.17, 15) is 9.90 Å². The Hall–Kier alpha value is -0.410. The van der Waals surface area contributed by atoms with Crippen LogP contribution in [0.15, 0.2) is 0 Å². The monoisotopic (exact) mass is 320 g/mol. The van der Waals surface area contributed by atoms with Crippen molar-refractivity contribution in [2.24, 2.45) is 34.5 Å². The van der Waals surface area contributed by atoms with Gasteiger partial charge < -0.3 is 9.84 Å². The summed E-state index contributed by atoms with van der Waals surface area (Å²) in [7, 11) is 1.64. The molecule has 0 aromatic carbocycles. The number of ether oxygens (including phenoxy) is 1. The molecular formula is C20H32O3. The molecule has 0 radical (unpaired) electrons. The zero-order valence-corrected chi connectivity index (χ0v) is 14.9. The number of hydrogen-bond acceptors (Lipinski definition) is 3. The van der Waals surface area contributed by atoms with Gasteiger partial charge in [-0.2, -0.15) is 0 Å². The van der Waals surface area contributed by atoms with E-state index in [1.54, 1.807) is 7.11 Å². The van der Waals surface area contributed by atoms with Crippen molar-refractivity contribution in [3.8, 4) is 0 Å². The van der Waals surface area contributed by atoms with Crippen LogP contribution in [0.1, 0.15) is 71.6 Å². The quantitative estimate of drug-likeness (QED) is 0.745. The highest BCUT2D eigenvalue weighted by atomic mass is 16.6. The lowest BCUT2D eigenvalue weighted by Gasteiger charge is -2.61. The van der Waals surface area contributed by atoms with Crippen molar-refractivity contribution in [3.63, 3.8) is 0 Å². The first-order valence-corrected chi connectivity index (χ1v) is 9.63. The molecular weight excluding hydrogens is 288 g/mol. The van der Waals surface area contributed by atoms with Crippen molar-refractivity contribution in [2.45, 2.75) is 77.4 Å². The minimum absolute atomic E-state index is 0.0215. The average Bonchev–Trinajstić information content (AvgIpc) is 2.84. The zero-order chi connectivity index (χ0) is 16.5. The molecule has 23 heavy (non-hydrogen) atoms. The van der Waals surface area contributed by atoms with Crippen LogP contribution in [0, 0.1) is 34.5 Å². The molecule has 0 spiro atoms. The van der Waals surface area contributed by atoms with Crippen LogP contribution >= 0.6 is 0 Å². The Morgan fingerprint density at radius 3 is 2.57 bits per heavy atom. The summed E-state index contributed by atoms with van der Waals surface area (Å²) in [6.45, 7) is 4.73. The minimum Gasteiger partial charge on any atom is -0.365 e. The number of rotatable bonds is 1. The van der Waals surface area contributed by atoms with Crippen molar-refractivity contribution in [3.05, 3.63) is 0 Å². The third-order valence-electron chi connectivity index (χ3n) is 8.77. The van der Waals surface area contributed by atoms with Crippen LogP contribution in [0.25, 0.3) is 0 Å². The molecule has 0 heterocycles. The Morgan fingerprint density at radius 1 is 1.04 bits per heavy atom. The van der Waals surface area contributed by atoms with Gasteiger partial charge in [0, 0.05) is 31.8 Å². The first kappa shape index (κ1) is 16.1. The maximum atomic E-state index is 12.4. The molecule has 3 heteroatoms. The highest BCUT2D eigenvalue weighted by molar-refractivity contribution is 5.87. The lowest BCUT2D eigenvalue weighted by atomic mass is 9.45. The van der Waals surface area contributed by atoms with Crippen molar-refractivity contribution in [2.75, 3.05) is 7.11 Å². The fourth-order valence-electron chi connectivity index (χ4n) is 7.17. The summed E-state index contributed by atoms with van der Waals surface area (Å²) in [4.78, 5) is 12.4. The van der Waals surface area contributed by atoms with E-state index in [1.165, 1.54) is 19.3 Å². The summed E-state index contributed by atoms with van der Waals surface area (Å²) in [5.74, 6) is 2.30. The number of aliphatic hydroxyl groups is 1. The van der Waals surface area contributed by atoms with E-state index < -0.39 is 5.79 Å². The standard InChI is InChI=1S/C20H32O3/c1-18-10-11-20(22,23-3)12-13(18)4-5-14-15-6-7-17(21)19(15,2)9-8-16(14)18/h13-16,22H,4-12H2,1-3H3/t13-,14-,15-,16-,18-,19-,20-/m0/s1. The van der Waals surface area contributed by atoms with Crippen molar-refractivity contribution < 1.29 is 14.6 Å². The molecule has 1 N–H and O–H groups in total. The van der Waals surface area contributed by atoms with Crippen LogP contribution in [0.5, 0.6) is 0 Å². The molecule has 0 bridgehead atoms. The van der Waals surface area contributed by atoms with Crippen LogP contribution in [-0.4, -0.2) is 23.8 Å². The van der Waals surface area contributed by atoms with Gasteiger partial charge in [-0.3, -0.25) is 4.79 Å². The van der Waals surface area contributed by atoms with Gasteiger partial charge in [0.1, 0.15) is 5.78 Å².